The van der Waals surface area contributed by atoms with Crippen LogP contribution in [0.3, 0.4) is 0 Å². The van der Waals surface area contributed by atoms with E-state index in [1.165, 1.54) is 23.1 Å². The lowest BCUT2D eigenvalue weighted by atomic mass is 10.2. The van der Waals surface area contributed by atoms with Gasteiger partial charge in [0, 0.05) is 11.6 Å². The maximum atomic E-state index is 14.1. The van der Waals surface area contributed by atoms with Gasteiger partial charge < -0.3 is 9.73 Å². The van der Waals surface area contributed by atoms with Crippen molar-refractivity contribution in [2.24, 2.45) is 0 Å². The number of aromatic amines is 1. The van der Waals surface area contributed by atoms with Crippen molar-refractivity contribution in [1.29, 1.82) is 0 Å². The first kappa shape index (κ1) is 18.9. The van der Waals surface area contributed by atoms with E-state index in [4.69, 9.17) is 4.42 Å². The Morgan fingerprint density at radius 3 is 2.71 bits per heavy atom. The summed E-state index contributed by atoms with van der Waals surface area (Å²) in [4.78, 5) is 32.2. The van der Waals surface area contributed by atoms with Gasteiger partial charge in [0.1, 0.15) is 28.7 Å². The van der Waals surface area contributed by atoms with Crippen molar-refractivity contribution in [3.05, 3.63) is 81.5 Å². The van der Waals surface area contributed by atoms with Crippen molar-refractivity contribution < 1.29 is 18.0 Å². The largest absolute Gasteiger partial charge is 0.463 e. The Kier molecular flexibility index (Phi) is 4.46. The molecule has 8 nitrogen and oxygen atoms in total. The van der Waals surface area contributed by atoms with Gasteiger partial charge in [-0.1, -0.05) is 6.07 Å². The molecule has 0 spiro atoms. The molecule has 0 unspecified atom stereocenters. The molecular weight excluding hydrogens is 408 g/mol. The van der Waals surface area contributed by atoms with E-state index in [1.54, 1.807) is 12.1 Å². The van der Waals surface area contributed by atoms with Gasteiger partial charge in [0.05, 0.1) is 12.0 Å². The number of rotatable bonds is 4. The first-order valence-electron chi connectivity index (χ1n) is 9.53. The third kappa shape index (κ3) is 3.31. The summed E-state index contributed by atoms with van der Waals surface area (Å²) in [6.45, 7) is 0. The van der Waals surface area contributed by atoms with Crippen molar-refractivity contribution in [2.45, 2.75) is 19.3 Å². The van der Waals surface area contributed by atoms with Gasteiger partial charge >= 0.3 is 0 Å². The van der Waals surface area contributed by atoms with Crippen LogP contribution in [0.5, 0.6) is 0 Å². The smallest absolute Gasteiger partial charge is 0.262 e. The predicted molar refractivity (Wildman–Crippen MR) is 106 cm³/mol. The lowest BCUT2D eigenvalue weighted by Gasteiger charge is -2.10. The molecule has 4 aromatic rings. The van der Waals surface area contributed by atoms with Crippen molar-refractivity contribution in [2.75, 3.05) is 5.32 Å². The van der Waals surface area contributed by atoms with E-state index < -0.39 is 23.1 Å². The van der Waals surface area contributed by atoms with E-state index in [0.29, 0.717) is 35.6 Å². The molecule has 1 aromatic carbocycles. The van der Waals surface area contributed by atoms with Crippen LogP contribution < -0.4 is 10.9 Å². The molecular formula is C21H15F2N5O3. The number of H-pyrrole nitrogens is 1. The summed E-state index contributed by atoms with van der Waals surface area (Å²) in [6, 6.07) is 7.93. The minimum atomic E-state index is -1.01. The highest BCUT2D eigenvalue weighted by Gasteiger charge is 2.23. The number of aryl methyl sites for hydroxylation is 1. The number of carbonyl (C=O) groups excluding carboxylic acids is 1. The van der Waals surface area contributed by atoms with Crippen molar-refractivity contribution in [3.8, 4) is 17.4 Å². The monoisotopic (exact) mass is 423 g/mol. The van der Waals surface area contributed by atoms with E-state index in [1.807, 2.05) is 0 Å². The second kappa shape index (κ2) is 7.31. The zero-order valence-electron chi connectivity index (χ0n) is 16.0. The summed E-state index contributed by atoms with van der Waals surface area (Å²) < 4.78 is 34.7. The third-order valence-corrected chi connectivity index (χ3v) is 5.04. The molecule has 0 saturated carbocycles. The number of anilines is 1. The maximum absolute atomic E-state index is 14.1. The molecule has 31 heavy (non-hydrogen) atoms. The van der Waals surface area contributed by atoms with Crippen LogP contribution in [0.15, 0.2) is 51.9 Å². The topological polar surface area (TPSA) is 106 Å². The van der Waals surface area contributed by atoms with Crippen LogP contribution in [0.4, 0.5) is 14.6 Å². The van der Waals surface area contributed by atoms with Gasteiger partial charge in [0.25, 0.3) is 11.5 Å². The number of halogens is 2. The van der Waals surface area contributed by atoms with Crippen LogP contribution in [-0.2, 0) is 12.8 Å². The fourth-order valence-electron chi connectivity index (χ4n) is 3.60. The molecule has 1 amide bonds. The molecule has 3 aromatic heterocycles. The van der Waals surface area contributed by atoms with Crippen LogP contribution in [0, 0.1) is 11.6 Å². The first-order chi connectivity index (χ1) is 15.0. The number of fused-ring (bicyclic) bond motifs is 1. The van der Waals surface area contributed by atoms with Crippen molar-refractivity contribution in [1.82, 2.24) is 19.7 Å². The lowest BCUT2D eigenvalue weighted by Crippen LogP contribution is -2.22. The second-order valence-electron chi connectivity index (χ2n) is 7.02. The van der Waals surface area contributed by atoms with E-state index in [2.05, 4.69) is 20.4 Å². The predicted octanol–water partition coefficient (Wildman–Crippen LogP) is 3.23. The van der Waals surface area contributed by atoms with Gasteiger partial charge in [-0.2, -0.15) is 9.78 Å². The molecule has 156 valence electrons. The minimum absolute atomic E-state index is 0.0557. The minimum Gasteiger partial charge on any atom is -0.463 e. The van der Waals surface area contributed by atoms with Gasteiger partial charge in [-0.25, -0.2) is 13.8 Å². The van der Waals surface area contributed by atoms with Gasteiger partial charge in [0.15, 0.2) is 5.76 Å². The van der Waals surface area contributed by atoms with Crippen LogP contribution in [0.2, 0.25) is 0 Å². The molecule has 2 N–H and O–H groups in total. The molecule has 0 bridgehead atoms. The van der Waals surface area contributed by atoms with E-state index in [9.17, 15) is 18.4 Å². The molecule has 0 aliphatic heterocycles. The second-order valence-corrected chi connectivity index (χ2v) is 7.02. The fourth-order valence-corrected chi connectivity index (χ4v) is 3.60. The summed E-state index contributed by atoms with van der Waals surface area (Å²) >= 11 is 0. The zero-order valence-corrected chi connectivity index (χ0v) is 16.0. The van der Waals surface area contributed by atoms with Crippen LogP contribution in [0.25, 0.3) is 17.4 Å². The number of nitrogens with one attached hydrogen (secondary N) is 2. The molecule has 0 saturated heterocycles. The van der Waals surface area contributed by atoms with Crippen LogP contribution in [-0.4, -0.2) is 25.7 Å². The van der Waals surface area contributed by atoms with Crippen molar-refractivity contribution in [3.63, 3.8) is 0 Å². The number of hydrogen-bond acceptors (Lipinski definition) is 5. The average molecular weight is 423 g/mol. The summed E-state index contributed by atoms with van der Waals surface area (Å²) in [6.07, 6.45) is 3.57. The maximum Gasteiger partial charge on any atom is 0.262 e. The number of aromatic nitrogens is 4. The Morgan fingerprint density at radius 2 is 1.97 bits per heavy atom. The highest BCUT2D eigenvalue weighted by Crippen LogP contribution is 2.26. The molecule has 10 heteroatoms. The van der Waals surface area contributed by atoms with E-state index in [0.717, 1.165) is 18.6 Å². The van der Waals surface area contributed by atoms with E-state index >= 15 is 0 Å². The van der Waals surface area contributed by atoms with E-state index in [-0.39, 0.29) is 17.3 Å². The van der Waals surface area contributed by atoms with Crippen LogP contribution in [0.1, 0.15) is 28.0 Å². The lowest BCUT2D eigenvalue weighted by molar-refractivity contribution is 0.101. The molecule has 1 aliphatic carbocycles. The van der Waals surface area contributed by atoms with Crippen LogP contribution >= 0.6 is 0 Å². The van der Waals surface area contributed by atoms with Crippen molar-refractivity contribution >= 4 is 11.7 Å². The summed E-state index contributed by atoms with van der Waals surface area (Å²) in [5.74, 6) is -2.48. The highest BCUT2D eigenvalue weighted by atomic mass is 19.1. The zero-order chi connectivity index (χ0) is 21.5. The number of carbonyl (C=O) groups is 1. The average Bonchev–Trinajstić information content (AvgIpc) is 3.48. The third-order valence-electron chi connectivity index (χ3n) is 5.04. The molecule has 0 fully saturated rings. The Hall–Kier alpha value is -4.08. The van der Waals surface area contributed by atoms with Gasteiger partial charge in [-0.15, -0.1) is 0 Å². The number of hydrogen-bond donors (Lipinski definition) is 2. The van der Waals surface area contributed by atoms with Gasteiger partial charge in [0.2, 0.25) is 5.95 Å². The number of benzene rings is 1. The summed E-state index contributed by atoms with van der Waals surface area (Å²) in [5, 5.41) is 6.82. The normalized spacial score (nSPS) is 12.7. The Bertz CT molecular complexity index is 1340. The van der Waals surface area contributed by atoms with Gasteiger partial charge in [-0.05, 0) is 43.5 Å². The number of nitrogens with zero attached hydrogens (tertiary/aromatic N) is 3. The highest BCUT2D eigenvalue weighted by molar-refractivity contribution is 6.04. The Labute approximate surface area is 173 Å². The van der Waals surface area contributed by atoms with Gasteiger partial charge in [-0.3, -0.25) is 14.6 Å². The summed E-state index contributed by atoms with van der Waals surface area (Å²) in [7, 11) is 0. The SMILES string of the molecule is O=C(Nc1cc(-c2ccco2)nn1-c1nc2c(c(=O)[nH]1)CCC2)c1c(F)cccc1F. The standard InChI is InChI=1S/C21H15F2N5O3/c22-12-5-2-6-13(23)18(12)20(30)25-17-10-15(16-8-3-9-31-16)27-28(17)21-24-14-7-1-4-11(14)19(29)26-21/h2-3,5-6,8-10H,1,4,7H2,(H,25,30)(H,24,26,29). The molecule has 0 radical (unpaired) electrons. The molecule has 0 atom stereocenters. The Morgan fingerprint density at radius 1 is 1.16 bits per heavy atom. The number of amides is 1. The molecule has 1 aliphatic rings. The molecule has 3 heterocycles. The summed E-state index contributed by atoms with van der Waals surface area (Å²) in [5.41, 5.74) is 0.597. The Balaban J connectivity index is 1.61. The number of furan rings is 1. The molecule has 5 rings (SSSR count). The fraction of sp³-hybridized carbons (Fsp3) is 0.143. The first-order valence-corrected chi connectivity index (χ1v) is 9.53. The quantitative estimate of drug-likeness (QED) is 0.524.